The Labute approximate surface area is 171 Å². The van der Waals surface area contributed by atoms with Gasteiger partial charge in [0.2, 0.25) is 0 Å². The molecule has 0 radical (unpaired) electrons. The van der Waals surface area contributed by atoms with Crippen molar-refractivity contribution < 1.29 is 4.42 Å². The highest BCUT2D eigenvalue weighted by molar-refractivity contribution is 7.98. The Hall–Kier alpha value is -2.57. The molecule has 0 unspecified atom stereocenters. The van der Waals surface area contributed by atoms with Crippen LogP contribution in [0.25, 0.3) is 11.0 Å². The smallest absolute Gasteiger partial charge is 0.336 e. The summed E-state index contributed by atoms with van der Waals surface area (Å²) in [5.74, 6) is 1.41. The van der Waals surface area contributed by atoms with Crippen molar-refractivity contribution in [2.75, 3.05) is 0 Å². The molecule has 0 aliphatic rings. The number of hydrogen-bond donors (Lipinski definition) is 0. The van der Waals surface area contributed by atoms with Crippen LogP contribution in [-0.4, -0.2) is 14.8 Å². The number of fused-ring (bicyclic) bond motifs is 1. The summed E-state index contributed by atoms with van der Waals surface area (Å²) in [6, 6.07) is 15.4. The van der Waals surface area contributed by atoms with E-state index >= 15 is 0 Å². The van der Waals surface area contributed by atoms with Crippen molar-refractivity contribution in [2.24, 2.45) is 0 Å². The van der Waals surface area contributed by atoms with Gasteiger partial charge in [0.15, 0.2) is 5.16 Å². The zero-order chi connectivity index (χ0) is 19.7. The molecule has 0 saturated heterocycles. The minimum Gasteiger partial charge on any atom is -0.423 e. The lowest BCUT2D eigenvalue weighted by atomic mass is 10.1. The molecule has 2 heterocycles. The maximum absolute atomic E-state index is 12.0. The van der Waals surface area contributed by atoms with Gasteiger partial charge in [-0.2, -0.15) is 0 Å². The molecule has 0 aliphatic heterocycles. The van der Waals surface area contributed by atoms with Crippen LogP contribution in [0.3, 0.4) is 0 Å². The third kappa shape index (κ3) is 3.84. The SMILES string of the molecule is Cc1cc2oc(=O)cc(CSc3nnc(C)n3Cc3ccccc3)c2cc1Cl. The molecule has 5 nitrogen and oxygen atoms in total. The van der Waals surface area contributed by atoms with E-state index in [4.69, 9.17) is 16.0 Å². The van der Waals surface area contributed by atoms with E-state index in [1.807, 2.05) is 38.1 Å². The summed E-state index contributed by atoms with van der Waals surface area (Å²) in [5, 5.41) is 10.8. The van der Waals surface area contributed by atoms with Crippen molar-refractivity contribution in [3.05, 3.63) is 86.5 Å². The van der Waals surface area contributed by atoms with Crippen LogP contribution in [0, 0.1) is 13.8 Å². The molecule has 0 aliphatic carbocycles. The van der Waals surface area contributed by atoms with Crippen LogP contribution in [0.4, 0.5) is 0 Å². The normalized spacial score (nSPS) is 11.2. The fourth-order valence-corrected chi connectivity index (χ4v) is 4.16. The molecule has 0 saturated carbocycles. The summed E-state index contributed by atoms with van der Waals surface area (Å²) >= 11 is 7.82. The summed E-state index contributed by atoms with van der Waals surface area (Å²) in [7, 11) is 0. The first-order valence-electron chi connectivity index (χ1n) is 8.80. The molecule has 0 N–H and O–H groups in total. The molecule has 28 heavy (non-hydrogen) atoms. The first kappa shape index (κ1) is 18.8. The van der Waals surface area contributed by atoms with Crippen LogP contribution in [-0.2, 0) is 12.3 Å². The highest BCUT2D eigenvalue weighted by Gasteiger charge is 2.13. The zero-order valence-corrected chi connectivity index (χ0v) is 17.0. The highest BCUT2D eigenvalue weighted by atomic mass is 35.5. The molecule has 0 bridgehead atoms. The number of thioether (sulfide) groups is 1. The van der Waals surface area contributed by atoms with Gasteiger partial charge in [-0.15, -0.1) is 10.2 Å². The fraction of sp³-hybridized carbons (Fsp3) is 0.190. The van der Waals surface area contributed by atoms with E-state index < -0.39 is 0 Å². The summed E-state index contributed by atoms with van der Waals surface area (Å²) in [5.41, 5.74) is 3.10. The van der Waals surface area contributed by atoms with Crippen LogP contribution in [0.1, 0.15) is 22.5 Å². The van der Waals surface area contributed by atoms with Gasteiger partial charge in [0.1, 0.15) is 11.4 Å². The second-order valence-corrected chi connectivity index (χ2v) is 7.93. The molecule has 0 amide bonds. The number of nitrogens with zero attached hydrogens (tertiary/aromatic N) is 3. The predicted octanol–water partition coefficient (Wildman–Crippen LogP) is 5.00. The lowest BCUT2D eigenvalue weighted by molar-refractivity contribution is 0.559. The first-order chi connectivity index (χ1) is 13.5. The largest absolute Gasteiger partial charge is 0.423 e. The number of benzene rings is 2. The molecular weight excluding hydrogens is 394 g/mol. The van der Waals surface area contributed by atoms with Gasteiger partial charge in [-0.1, -0.05) is 53.7 Å². The Morgan fingerprint density at radius 2 is 1.89 bits per heavy atom. The Morgan fingerprint density at radius 3 is 2.68 bits per heavy atom. The van der Waals surface area contributed by atoms with Crippen molar-refractivity contribution in [3.63, 3.8) is 0 Å². The molecule has 4 aromatic rings. The number of aromatic nitrogens is 3. The van der Waals surface area contributed by atoms with Gasteiger partial charge in [-0.3, -0.25) is 0 Å². The van der Waals surface area contributed by atoms with Gasteiger partial charge in [-0.25, -0.2) is 4.79 Å². The van der Waals surface area contributed by atoms with Crippen molar-refractivity contribution in [2.45, 2.75) is 31.3 Å². The van der Waals surface area contributed by atoms with Crippen molar-refractivity contribution in [3.8, 4) is 0 Å². The van der Waals surface area contributed by atoms with E-state index in [2.05, 4.69) is 26.9 Å². The highest BCUT2D eigenvalue weighted by Crippen LogP contribution is 2.29. The van der Waals surface area contributed by atoms with E-state index in [0.717, 1.165) is 27.5 Å². The summed E-state index contributed by atoms with van der Waals surface area (Å²) in [6.45, 7) is 4.53. The molecule has 0 spiro atoms. The molecule has 0 atom stereocenters. The number of halogens is 1. The monoisotopic (exact) mass is 411 g/mol. The molecule has 142 valence electrons. The van der Waals surface area contributed by atoms with Crippen LogP contribution in [0.2, 0.25) is 5.02 Å². The van der Waals surface area contributed by atoms with Crippen molar-refractivity contribution in [1.29, 1.82) is 0 Å². The Kier molecular flexibility index (Phi) is 5.24. The Morgan fingerprint density at radius 1 is 1.11 bits per heavy atom. The van der Waals surface area contributed by atoms with Gasteiger partial charge in [0, 0.05) is 22.2 Å². The van der Waals surface area contributed by atoms with E-state index in [-0.39, 0.29) is 5.63 Å². The van der Waals surface area contributed by atoms with E-state index in [1.165, 1.54) is 23.4 Å². The fourth-order valence-electron chi connectivity index (χ4n) is 3.03. The maximum Gasteiger partial charge on any atom is 0.336 e. The lowest BCUT2D eigenvalue weighted by Gasteiger charge is -2.10. The number of hydrogen-bond acceptors (Lipinski definition) is 5. The summed E-state index contributed by atoms with van der Waals surface area (Å²) in [6.07, 6.45) is 0. The van der Waals surface area contributed by atoms with Gasteiger partial charge in [-0.05, 0) is 42.7 Å². The average molecular weight is 412 g/mol. The second-order valence-electron chi connectivity index (χ2n) is 6.58. The Bertz CT molecular complexity index is 1200. The van der Waals surface area contributed by atoms with Crippen LogP contribution in [0.15, 0.2) is 62.9 Å². The minimum atomic E-state index is -0.369. The second kappa shape index (κ2) is 7.81. The quantitative estimate of drug-likeness (QED) is 0.342. The number of aryl methyl sites for hydroxylation is 2. The molecule has 2 aromatic carbocycles. The van der Waals surface area contributed by atoms with Crippen LogP contribution >= 0.6 is 23.4 Å². The van der Waals surface area contributed by atoms with E-state index in [0.29, 0.717) is 22.9 Å². The minimum absolute atomic E-state index is 0.369. The summed E-state index contributed by atoms with van der Waals surface area (Å²) < 4.78 is 7.41. The van der Waals surface area contributed by atoms with Crippen molar-refractivity contribution >= 4 is 34.3 Å². The Balaban J connectivity index is 1.64. The molecule has 7 heteroatoms. The van der Waals surface area contributed by atoms with Crippen LogP contribution in [0.5, 0.6) is 0 Å². The van der Waals surface area contributed by atoms with E-state index in [9.17, 15) is 4.79 Å². The third-order valence-corrected chi connectivity index (χ3v) is 5.97. The predicted molar refractivity (Wildman–Crippen MR) is 112 cm³/mol. The van der Waals surface area contributed by atoms with Gasteiger partial charge in [0.05, 0.1) is 6.54 Å². The van der Waals surface area contributed by atoms with Crippen molar-refractivity contribution in [1.82, 2.24) is 14.8 Å². The number of rotatable bonds is 5. The molecule has 4 rings (SSSR count). The molecule has 2 aromatic heterocycles. The van der Waals surface area contributed by atoms with Crippen LogP contribution < -0.4 is 5.63 Å². The van der Waals surface area contributed by atoms with Gasteiger partial charge < -0.3 is 8.98 Å². The molecular formula is C21H18ClN3O2S. The summed E-state index contributed by atoms with van der Waals surface area (Å²) in [4.78, 5) is 12.0. The average Bonchev–Trinajstić information content (AvgIpc) is 3.02. The zero-order valence-electron chi connectivity index (χ0n) is 15.5. The lowest BCUT2D eigenvalue weighted by Crippen LogP contribution is -2.04. The standard InChI is InChI=1S/C21H18ClN3O2S/c1-13-8-19-17(10-18(13)22)16(9-20(26)27-19)12-28-21-24-23-14(2)25(21)11-15-6-4-3-5-7-15/h3-10H,11-12H2,1-2H3. The third-order valence-electron chi connectivity index (χ3n) is 4.55. The maximum atomic E-state index is 12.0. The first-order valence-corrected chi connectivity index (χ1v) is 10.2. The van der Waals surface area contributed by atoms with E-state index in [1.54, 1.807) is 6.07 Å². The van der Waals surface area contributed by atoms with Gasteiger partial charge in [0.25, 0.3) is 0 Å². The molecule has 0 fully saturated rings. The topological polar surface area (TPSA) is 60.9 Å². The van der Waals surface area contributed by atoms with Gasteiger partial charge >= 0.3 is 5.63 Å².